The van der Waals surface area contributed by atoms with Crippen molar-refractivity contribution < 1.29 is 5.11 Å². The number of rotatable bonds is 3. The second-order valence-electron chi connectivity index (χ2n) is 4.66. The summed E-state index contributed by atoms with van der Waals surface area (Å²) in [7, 11) is 0. The Hall–Kier alpha value is -1.39. The number of nitrogens with two attached hydrogens (primary N) is 1. The summed E-state index contributed by atoms with van der Waals surface area (Å²) in [5, 5.41) is 9.10. The fraction of sp³-hybridized carbons (Fsp3) is 0.462. The van der Waals surface area contributed by atoms with E-state index in [9.17, 15) is 0 Å². The van der Waals surface area contributed by atoms with Crippen molar-refractivity contribution in [1.29, 1.82) is 0 Å². The first-order valence-electron chi connectivity index (χ1n) is 5.89. The van der Waals surface area contributed by atoms with Gasteiger partial charge in [0.2, 0.25) is 0 Å². The molecular weight excluding hydrogens is 214 g/mol. The highest BCUT2D eigenvalue weighted by Crippen LogP contribution is 2.23. The molecule has 0 fully saturated rings. The van der Waals surface area contributed by atoms with Crippen LogP contribution in [0.2, 0.25) is 0 Å². The fourth-order valence-electron chi connectivity index (χ4n) is 2.22. The van der Waals surface area contributed by atoms with Crippen LogP contribution in [0.25, 0.3) is 11.0 Å². The second kappa shape index (κ2) is 4.47. The van der Waals surface area contributed by atoms with Crippen LogP contribution in [-0.2, 0) is 0 Å². The molecule has 1 atom stereocenters. The van der Waals surface area contributed by atoms with Gasteiger partial charge in [-0.2, -0.15) is 0 Å². The van der Waals surface area contributed by atoms with Gasteiger partial charge in [0.15, 0.2) is 0 Å². The molecule has 0 aliphatic carbocycles. The minimum atomic E-state index is -0.324. The third kappa shape index (κ3) is 2.06. The molecule has 0 aliphatic heterocycles. The van der Waals surface area contributed by atoms with E-state index in [4.69, 9.17) is 10.8 Å². The summed E-state index contributed by atoms with van der Waals surface area (Å²) >= 11 is 0. The van der Waals surface area contributed by atoms with Crippen LogP contribution < -0.4 is 5.73 Å². The van der Waals surface area contributed by atoms with E-state index in [1.165, 1.54) is 0 Å². The van der Waals surface area contributed by atoms with Gasteiger partial charge in [0.25, 0.3) is 0 Å². The summed E-state index contributed by atoms with van der Waals surface area (Å²) in [4.78, 5) is 4.52. The summed E-state index contributed by atoms with van der Waals surface area (Å²) in [6.45, 7) is 6.23. The molecule has 0 saturated carbocycles. The zero-order chi connectivity index (χ0) is 12.6. The number of fused-ring (bicyclic) bond motifs is 1. The van der Waals surface area contributed by atoms with Crippen LogP contribution in [0.4, 0.5) is 0 Å². The van der Waals surface area contributed by atoms with Gasteiger partial charge in [0, 0.05) is 6.04 Å². The summed E-state index contributed by atoms with van der Waals surface area (Å²) < 4.78 is 2.18. The third-order valence-electron chi connectivity index (χ3n) is 3.03. The minimum Gasteiger partial charge on any atom is -0.394 e. The van der Waals surface area contributed by atoms with Gasteiger partial charge in [0.1, 0.15) is 5.82 Å². The highest BCUT2D eigenvalue weighted by Gasteiger charge is 2.12. The largest absolute Gasteiger partial charge is 0.394 e. The van der Waals surface area contributed by atoms with Crippen LogP contribution in [-0.4, -0.2) is 21.3 Å². The molecule has 0 aliphatic rings. The van der Waals surface area contributed by atoms with E-state index in [2.05, 4.69) is 23.4 Å². The molecule has 4 heteroatoms. The number of imidazole rings is 1. The van der Waals surface area contributed by atoms with E-state index in [1.807, 2.05) is 25.1 Å². The topological polar surface area (TPSA) is 64.1 Å². The molecule has 2 rings (SSSR count). The standard InChI is InChI=1S/C13H19N3O/c1-8(2)16-9(3)15-12-5-4-10(6-13(12)16)11(14)7-17/h4-6,8,11,17H,7,14H2,1-3H3. The Labute approximate surface area is 101 Å². The Bertz CT molecular complexity index is 531. The van der Waals surface area contributed by atoms with Crippen molar-refractivity contribution in [2.45, 2.75) is 32.9 Å². The maximum absolute atomic E-state index is 9.10. The van der Waals surface area contributed by atoms with Crippen molar-refractivity contribution in [2.24, 2.45) is 5.73 Å². The molecule has 0 saturated heterocycles. The molecule has 1 aromatic carbocycles. The van der Waals surface area contributed by atoms with Gasteiger partial charge < -0.3 is 15.4 Å². The number of benzene rings is 1. The molecule has 0 radical (unpaired) electrons. The smallest absolute Gasteiger partial charge is 0.106 e. The predicted molar refractivity (Wildman–Crippen MR) is 68.9 cm³/mol. The zero-order valence-electron chi connectivity index (χ0n) is 10.5. The highest BCUT2D eigenvalue weighted by atomic mass is 16.3. The molecule has 2 aromatic rings. The number of hydrogen-bond acceptors (Lipinski definition) is 3. The van der Waals surface area contributed by atoms with Crippen molar-refractivity contribution in [2.75, 3.05) is 6.61 Å². The van der Waals surface area contributed by atoms with Crippen LogP contribution in [0.5, 0.6) is 0 Å². The predicted octanol–water partition coefficient (Wildman–Crippen LogP) is 1.92. The lowest BCUT2D eigenvalue weighted by Crippen LogP contribution is -2.14. The van der Waals surface area contributed by atoms with E-state index in [0.717, 1.165) is 22.4 Å². The van der Waals surface area contributed by atoms with Crippen molar-refractivity contribution in [1.82, 2.24) is 9.55 Å². The Kier molecular flexibility index (Phi) is 3.17. The highest BCUT2D eigenvalue weighted by molar-refractivity contribution is 5.77. The van der Waals surface area contributed by atoms with Gasteiger partial charge in [0.05, 0.1) is 23.7 Å². The van der Waals surface area contributed by atoms with Crippen molar-refractivity contribution in [3.8, 4) is 0 Å². The van der Waals surface area contributed by atoms with E-state index in [0.29, 0.717) is 6.04 Å². The van der Waals surface area contributed by atoms with Gasteiger partial charge in [-0.25, -0.2) is 4.98 Å². The van der Waals surface area contributed by atoms with Crippen LogP contribution >= 0.6 is 0 Å². The first kappa shape index (κ1) is 12.1. The maximum Gasteiger partial charge on any atom is 0.106 e. The van der Waals surface area contributed by atoms with Crippen LogP contribution in [0, 0.1) is 6.92 Å². The maximum atomic E-state index is 9.10. The van der Waals surface area contributed by atoms with Crippen LogP contribution in [0.1, 0.15) is 37.3 Å². The lowest BCUT2D eigenvalue weighted by Gasteiger charge is -2.13. The van der Waals surface area contributed by atoms with Crippen molar-refractivity contribution in [3.63, 3.8) is 0 Å². The van der Waals surface area contributed by atoms with Gasteiger partial charge in [-0.15, -0.1) is 0 Å². The summed E-state index contributed by atoms with van der Waals surface area (Å²) in [6.07, 6.45) is 0. The van der Waals surface area contributed by atoms with Crippen LogP contribution in [0.15, 0.2) is 18.2 Å². The molecule has 1 aromatic heterocycles. The minimum absolute atomic E-state index is 0.0414. The number of aromatic nitrogens is 2. The molecule has 0 amide bonds. The van der Waals surface area contributed by atoms with Crippen LogP contribution in [0.3, 0.4) is 0 Å². The van der Waals surface area contributed by atoms with E-state index >= 15 is 0 Å². The Morgan fingerprint density at radius 3 is 2.71 bits per heavy atom. The Morgan fingerprint density at radius 2 is 2.12 bits per heavy atom. The summed E-state index contributed by atoms with van der Waals surface area (Å²) in [5.74, 6) is 1.00. The molecular formula is C13H19N3O. The molecule has 3 N–H and O–H groups in total. The average molecular weight is 233 g/mol. The first-order chi connectivity index (χ1) is 8.04. The van der Waals surface area contributed by atoms with Gasteiger partial charge in [-0.3, -0.25) is 0 Å². The molecule has 0 bridgehead atoms. The third-order valence-corrected chi connectivity index (χ3v) is 3.03. The quantitative estimate of drug-likeness (QED) is 0.851. The number of hydrogen-bond donors (Lipinski definition) is 2. The SMILES string of the molecule is Cc1nc2ccc(C(N)CO)cc2n1C(C)C. The lowest BCUT2D eigenvalue weighted by atomic mass is 10.1. The molecule has 17 heavy (non-hydrogen) atoms. The average Bonchev–Trinajstić information content (AvgIpc) is 2.62. The van der Waals surface area contributed by atoms with E-state index < -0.39 is 0 Å². The molecule has 4 nitrogen and oxygen atoms in total. The number of aliphatic hydroxyl groups is 1. The lowest BCUT2D eigenvalue weighted by molar-refractivity contribution is 0.268. The number of aliphatic hydroxyl groups excluding tert-OH is 1. The van der Waals surface area contributed by atoms with Crippen molar-refractivity contribution >= 4 is 11.0 Å². The second-order valence-corrected chi connectivity index (χ2v) is 4.66. The summed E-state index contributed by atoms with van der Waals surface area (Å²) in [6, 6.07) is 5.96. The number of nitrogens with zero attached hydrogens (tertiary/aromatic N) is 2. The first-order valence-corrected chi connectivity index (χ1v) is 5.89. The number of aryl methyl sites for hydroxylation is 1. The molecule has 92 valence electrons. The molecule has 1 unspecified atom stereocenters. The Morgan fingerprint density at radius 1 is 1.41 bits per heavy atom. The van der Waals surface area contributed by atoms with Gasteiger partial charge in [-0.1, -0.05) is 6.07 Å². The van der Waals surface area contributed by atoms with Crippen molar-refractivity contribution in [3.05, 3.63) is 29.6 Å². The summed E-state index contributed by atoms with van der Waals surface area (Å²) in [5.41, 5.74) is 8.84. The molecule has 0 spiro atoms. The monoisotopic (exact) mass is 233 g/mol. The van der Waals surface area contributed by atoms with Gasteiger partial charge >= 0.3 is 0 Å². The van der Waals surface area contributed by atoms with Gasteiger partial charge in [-0.05, 0) is 38.5 Å². The fourth-order valence-corrected chi connectivity index (χ4v) is 2.22. The van der Waals surface area contributed by atoms with E-state index in [1.54, 1.807) is 0 Å². The zero-order valence-corrected chi connectivity index (χ0v) is 10.5. The van der Waals surface area contributed by atoms with E-state index in [-0.39, 0.29) is 12.6 Å². The molecule has 1 heterocycles. The normalized spacial score (nSPS) is 13.5. The Balaban J connectivity index is 2.62.